The number of nitro groups is 1. The average molecular weight is 306 g/mol. The first kappa shape index (κ1) is 14.7. The van der Waals surface area contributed by atoms with Gasteiger partial charge in [0.25, 0.3) is 11.6 Å². The van der Waals surface area contributed by atoms with Crippen molar-refractivity contribution in [1.29, 1.82) is 0 Å². The van der Waals surface area contributed by atoms with Crippen LogP contribution in [-0.4, -0.2) is 23.9 Å². The number of carbonyl (C=O) groups excluding carboxylic acids is 2. The minimum absolute atomic E-state index is 0.0991. The van der Waals surface area contributed by atoms with Crippen molar-refractivity contribution < 1.29 is 19.2 Å². The highest BCUT2D eigenvalue weighted by Crippen LogP contribution is 2.24. The topological polar surface area (TPSA) is 98.5 Å². The fourth-order valence-corrected chi connectivity index (χ4v) is 2.36. The Morgan fingerprint density at radius 2 is 1.90 bits per heavy atom. The number of nitro benzene ring substituents is 1. The van der Waals surface area contributed by atoms with Crippen LogP contribution in [0.4, 0.5) is 10.7 Å². The monoisotopic (exact) mass is 306 g/mol. The van der Waals surface area contributed by atoms with Crippen molar-refractivity contribution in [2.45, 2.75) is 0 Å². The van der Waals surface area contributed by atoms with E-state index in [1.807, 2.05) is 0 Å². The lowest BCUT2D eigenvalue weighted by Crippen LogP contribution is -2.13. The van der Waals surface area contributed by atoms with Gasteiger partial charge < -0.3 is 10.1 Å². The van der Waals surface area contributed by atoms with Crippen molar-refractivity contribution in [1.82, 2.24) is 0 Å². The fraction of sp³-hybridized carbons (Fsp3) is 0.0769. The van der Waals surface area contributed by atoms with Gasteiger partial charge in [0.2, 0.25) is 0 Å². The van der Waals surface area contributed by atoms with Crippen LogP contribution in [0.1, 0.15) is 20.7 Å². The highest BCUT2D eigenvalue weighted by atomic mass is 32.1. The highest BCUT2D eigenvalue weighted by molar-refractivity contribution is 7.14. The van der Waals surface area contributed by atoms with Gasteiger partial charge in [0.1, 0.15) is 5.00 Å². The second kappa shape index (κ2) is 6.14. The Morgan fingerprint density at radius 1 is 1.24 bits per heavy atom. The van der Waals surface area contributed by atoms with Crippen LogP contribution in [0.25, 0.3) is 0 Å². The number of methoxy groups -OCH3 is 1. The molecule has 0 saturated heterocycles. The normalized spacial score (nSPS) is 9.95. The summed E-state index contributed by atoms with van der Waals surface area (Å²) in [7, 11) is 1.25. The third-order valence-corrected chi connectivity index (χ3v) is 3.47. The van der Waals surface area contributed by atoms with Gasteiger partial charge in [-0.2, -0.15) is 0 Å². The van der Waals surface area contributed by atoms with Crippen LogP contribution in [0.3, 0.4) is 0 Å². The number of esters is 1. The molecule has 2 aromatic rings. The molecule has 0 aliphatic carbocycles. The number of hydrogen-bond donors (Lipinski definition) is 1. The smallest absolute Gasteiger partial charge is 0.340 e. The zero-order valence-electron chi connectivity index (χ0n) is 10.9. The number of nitrogens with zero attached hydrogens (tertiary/aromatic N) is 1. The summed E-state index contributed by atoms with van der Waals surface area (Å²) >= 11 is 1.18. The van der Waals surface area contributed by atoms with E-state index in [0.29, 0.717) is 5.00 Å². The molecule has 0 spiro atoms. The lowest BCUT2D eigenvalue weighted by atomic mass is 10.2. The molecule has 1 N–H and O–H groups in total. The van der Waals surface area contributed by atoms with Gasteiger partial charge in [0.05, 0.1) is 17.6 Å². The number of carbonyl (C=O) groups is 2. The van der Waals surface area contributed by atoms with Gasteiger partial charge in [-0.1, -0.05) is 0 Å². The Bertz CT molecular complexity index is 693. The zero-order valence-corrected chi connectivity index (χ0v) is 11.7. The summed E-state index contributed by atoms with van der Waals surface area (Å²) < 4.78 is 4.61. The van der Waals surface area contributed by atoms with Crippen molar-refractivity contribution in [2.24, 2.45) is 0 Å². The summed E-state index contributed by atoms with van der Waals surface area (Å²) in [5.41, 5.74) is 0.417. The Kier molecular flexibility index (Phi) is 4.29. The standard InChI is InChI=1S/C13H10N2O5S/c1-20-13(17)10-6-7-21-12(10)14-11(16)8-2-4-9(5-3-8)15(18)19/h2-7H,1H3,(H,14,16). The molecule has 0 unspecified atom stereocenters. The molecule has 1 aromatic heterocycles. The second-order valence-electron chi connectivity index (χ2n) is 3.91. The number of nitrogens with one attached hydrogen (secondary N) is 1. The Balaban J connectivity index is 2.16. The molecule has 2 rings (SSSR count). The average Bonchev–Trinajstić information content (AvgIpc) is 2.94. The van der Waals surface area contributed by atoms with Crippen molar-refractivity contribution >= 4 is 33.9 Å². The van der Waals surface area contributed by atoms with Crippen LogP contribution < -0.4 is 5.32 Å². The predicted molar refractivity (Wildman–Crippen MR) is 76.7 cm³/mol. The molecule has 0 atom stereocenters. The second-order valence-corrected chi connectivity index (χ2v) is 4.83. The van der Waals surface area contributed by atoms with E-state index in [-0.39, 0.29) is 16.8 Å². The zero-order chi connectivity index (χ0) is 15.4. The van der Waals surface area contributed by atoms with Crippen LogP contribution >= 0.6 is 11.3 Å². The van der Waals surface area contributed by atoms with E-state index < -0.39 is 16.8 Å². The number of hydrogen-bond acceptors (Lipinski definition) is 6. The minimum Gasteiger partial charge on any atom is -0.465 e. The fourth-order valence-electron chi connectivity index (χ4n) is 1.59. The van der Waals surface area contributed by atoms with Crippen LogP contribution in [0.15, 0.2) is 35.7 Å². The summed E-state index contributed by atoms with van der Waals surface area (Å²) in [5.74, 6) is -1.01. The molecule has 1 amide bonds. The van der Waals surface area contributed by atoms with Crippen molar-refractivity contribution in [3.05, 3.63) is 57.0 Å². The van der Waals surface area contributed by atoms with Gasteiger partial charge >= 0.3 is 5.97 Å². The summed E-state index contributed by atoms with van der Waals surface area (Å²) in [6, 6.07) is 6.72. The van der Waals surface area contributed by atoms with Gasteiger partial charge in [-0.15, -0.1) is 11.3 Å². The van der Waals surface area contributed by atoms with Crippen molar-refractivity contribution in [2.75, 3.05) is 12.4 Å². The molecular weight excluding hydrogens is 296 g/mol. The number of thiophene rings is 1. The molecule has 0 fully saturated rings. The SMILES string of the molecule is COC(=O)c1ccsc1NC(=O)c1ccc([N+](=O)[O-])cc1. The Hall–Kier alpha value is -2.74. The molecule has 8 heteroatoms. The number of ether oxygens (including phenoxy) is 1. The van der Waals surface area contributed by atoms with E-state index in [4.69, 9.17) is 0 Å². The quantitative estimate of drug-likeness (QED) is 0.532. The van der Waals surface area contributed by atoms with Gasteiger partial charge in [-0.3, -0.25) is 14.9 Å². The number of anilines is 1. The summed E-state index contributed by atoms with van der Waals surface area (Å²) in [6.07, 6.45) is 0. The lowest BCUT2D eigenvalue weighted by Gasteiger charge is -2.05. The first-order valence-electron chi connectivity index (χ1n) is 5.74. The van der Waals surface area contributed by atoms with E-state index in [0.717, 1.165) is 0 Å². The molecule has 0 saturated carbocycles. The maximum absolute atomic E-state index is 12.0. The molecule has 0 aliphatic rings. The number of benzene rings is 1. The first-order chi connectivity index (χ1) is 10.0. The summed E-state index contributed by atoms with van der Waals surface area (Å²) in [4.78, 5) is 33.5. The molecule has 1 aromatic carbocycles. The van der Waals surface area contributed by atoms with Gasteiger partial charge in [0.15, 0.2) is 0 Å². The molecule has 0 aliphatic heterocycles. The maximum atomic E-state index is 12.0. The third-order valence-electron chi connectivity index (χ3n) is 2.64. The van der Waals surface area contributed by atoms with Gasteiger partial charge in [-0.25, -0.2) is 4.79 Å². The summed E-state index contributed by atoms with van der Waals surface area (Å²) in [6.45, 7) is 0. The van der Waals surface area contributed by atoms with Crippen molar-refractivity contribution in [3.8, 4) is 0 Å². The van der Waals surface area contributed by atoms with Crippen LogP contribution in [-0.2, 0) is 4.74 Å². The lowest BCUT2D eigenvalue weighted by molar-refractivity contribution is -0.384. The largest absolute Gasteiger partial charge is 0.465 e. The Morgan fingerprint density at radius 3 is 2.48 bits per heavy atom. The minimum atomic E-state index is -0.546. The molecule has 0 radical (unpaired) electrons. The molecule has 21 heavy (non-hydrogen) atoms. The molecule has 108 valence electrons. The van der Waals surface area contributed by atoms with E-state index in [1.54, 1.807) is 11.4 Å². The first-order valence-corrected chi connectivity index (χ1v) is 6.62. The predicted octanol–water partition coefficient (Wildman–Crippen LogP) is 2.70. The Labute approximate surface area is 123 Å². The van der Waals surface area contributed by atoms with E-state index in [9.17, 15) is 19.7 Å². The summed E-state index contributed by atoms with van der Waals surface area (Å²) in [5, 5.41) is 15.1. The van der Waals surface area contributed by atoms with Gasteiger partial charge in [-0.05, 0) is 23.6 Å². The van der Waals surface area contributed by atoms with E-state index in [1.165, 1.54) is 42.7 Å². The van der Waals surface area contributed by atoms with Crippen LogP contribution in [0.2, 0.25) is 0 Å². The van der Waals surface area contributed by atoms with E-state index in [2.05, 4.69) is 10.1 Å². The van der Waals surface area contributed by atoms with Crippen molar-refractivity contribution in [3.63, 3.8) is 0 Å². The molecular formula is C13H10N2O5S. The van der Waals surface area contributed by atoms with Crippen LogP contribution in [0.5, 0.6) is 0 Å². The molecule has 7 nitrogen and oxygen atoms in total. The number of rotatable bonds is 4. The molecule has 1 heterocycles. The van der Waals surface area contributed by atoms with E-state index >= 15 is 0 Å². The van der Waals surface area contributed by atoms with Crippen LogP contribution in [0, 0.1) is 10.1 Å². The molecule has 0 bridgehead atoms. The number of non-ortho nitro benzene ring substituents is 1. The third kappa shape index (κ3) is 3.23. The maximum Gasteiger partial charge on any atom is 0.340 e. The van der Waals surface area contributed by atoms with Gasteiger partial charge in [0, 0.05) is 17.7 Å². The highest BCUT2D eigenvalue weighted by Gasteiger charge is 2.16. The number of amides is 1.